The molecule has 0 bridgehead atoms. The number of hydrogen-bond donors (Lipinski definition) is 1. The van der Waals surface area contributed by atoms with E-state index in [-0.39, 0.29) is 12.1 Å². The van der Waals surface area contributed by atoms with Crippen molar-refractivity contribution in [3.63, 3.8) is 0 Å². The maximum atomic E-state index is 6.03. The van der Waals surface area contributed by atoms with Crippen molar-refractivity contribution < 1.29 is 4.74 Å². The molecule has 0 radical (unpaired) electrons. The number of hydrogen-bond acceptors (Lipinski definition) is 3. The summed E-state index contributed by atoms with van der Waals surface area (Å²) in [5.41, 5.74) is 10.8. The van der Waals surface area contributed by atoms with Crippen LogP contribution in [-0.4, -0.2) is 17.6 Å². The zero-order valence-electron chi connectivity index (χ0n) is 11.0. The second-order valence-electron chi connectivity index (χ2n) is 4.99. The van der Waals surface area contributed by atoms with Crippen molar-refractivity contribution in [2.75, 3.05) is 6.61 Å². The average Bonchev–Trinajstić information content (AvgIpc) is 2.46. The predicted octanol–water partition coefficient (Wildman–Crippen LogP) is 2.71. The number of aromatic nitrogens is 1. The number of nitrogens with two attached hydrogens (primary N) is 1. The Labute approximate surface area is 113 Å². The third-order valence-corrected chi connectivity index (χ3v) is 3.59. The topological polar surface area (TPSA) is 48.1 Å². The van der Waals surface area contributed by atoms with Crippen LogP contribution in [-0.2, 0) is 11.2 Å². The minimum atomic E-state index is -0.00703. The second kappa shape index (κ2) is 5.11. The van der Waals surface area contributed by atoms with Crippen LogP contribution in [0.1, 0.15) is 24.2 Å². The SMILES string of the molecule is CC(N)C1OCCc2c(-c3ccccn3)cccc21. The quantitative estimate of drug-likeness (QED) is 0.896. The van der Waals surface area contributed by atoms with E-state index in [0.29, 0.717) is 0 Å². The van der Waals surface area contributed by atoms with Crippen LogP contribution in [0, 0.1) is 0 Å². The highest BCUT2D eigenvalue weighted by Crippen LogP contribution is 2.34. The van der Waals surface area contributed by atoms with E-state index in [1.54, 1.807) is 0 Å². The third-order valence-electron chi connectivity index (χ3n) is 3.59. The van der Waals surface area contributed by atoms with Crippen molar-refractivity contribution >= 4 is 0 Å². The zero-order valence-corrected chi connectivity index (χ0v) is 11.0. The van der Waals surface area contributed by atoms with Gasteiger partial charge in [0, 0.05) is 17.8 Å². The predicted molar refractivity (Wildman–Crippen MR) is 75.7 cm³/mol. The van der Waals surface area contributed by atoms with E-state index in [1.807, 2.05) is 31.3 Å². The molecule has 1 aliphatic heterocycles. The molecule has 3 nitrogen and oxygen atoms in total. The molecule has 1 aliphatic rings. The third kappa shape index (κ3) is 2.27. The van der Waals surface area contributed by atoms with Crippen molar-refractivity contribution in [1.29, 1.82) is 0 Å². The lowest BCUT2D eigenvalue weighted by Crippen LogP contribution is -2.31. The van der Waals surface area contributed by atoms with Crippen LogP contribution < -0.4 is 5.73 Å². The van der Waals surface area contributed by atoms with Crippen LogP contribution in [0.5, 0.6) is 0 Å². The first kappa shape index (κ1) is 12.3. The second-order valence-corrected chi connectivity index (χ2v) is 4.99. The molecule has 3 rings (SSSR count). The molecular formula is C16H18N2O. The summed E-state index contributed by atoms with van der Waals surface area (Å²) in [5, 5.41) is 0. The van der Waals surface area contributed by atoms with Gasteiger partial charge in [0.15, 0.2) is 0 Å². The van der Waals surface area contributed by atoms with Gasteiger partial charge in [-0.05, 0) is 36.6 Å². The van der Waals surface area contributed by atoms with Crippen molar-refractivity contribution in [3.05, 3.63) is 53.7 Å². The van der Waals surface area contributed by atoms with Crippen molar-refractivity contribution in [2.45, 2.75) is 25.5 Å². The van der Waals surface area contributed by atoms with E-state index in [0.717, 1.165) is 18.7 Å². The highest BCUT2D eigenvalue weighted by Gasteiger charge is 2.25. The maximum absolute atomic E-state index is 6.03. The standard InChI is InChI=1S/C16H18N2O/c1-11(17)16-14-6-4-5-13(12(14)8-10-19-16)15-7-2-3-9-18-15/h2-7,9,11,16H,8,10,17H2,1H3. The lowest BCUT2D eigenvalue weighted by Gasteiger charge is -2.30. The van der Waals surface area contributed by atoms with Crippen LogP contribution in [0.3, 0.4) is 0 Å². The first-order valence-electron chi connectivity index (χ1n) is 6.68. The van der Waals surface area contributed by atoms with Crippen molar-refractivity contribution in [1.82, 2.24) is 4.98 Å². The molecule has 19 heavy (non-hydrogen) atoms. The number of benzene rings is 1. The van der Waals surface area contributed by atoms with Crippen LogP contribution in [0.4, 0.5) is 0 Å². The van der Waals surface area contributed by atoms with Gasteiger partial charge in [0.25, 0.3) is 0 Å². The molecule has 1 aromatic heterocycles. The number of ether oxygens (including phenoxy) is 1. The fraction of sp³-hybridized carbons (Fsp3) is 0.312. The summed E-state index contributed by atoms with van der Waals surface area (Å²) >= 11 is 0. The fourth-order valence-electron chi connectivity index (χ4n) is 2.73. The van der Waals surface area contributed by atoms with E-state index < -0.39 is 0 Å². The van der Waals surface area contributed by atoms with E-state index in [1.165, 1.54) is 16.7 Å². The fourth-order valence-corrected chi connectivity index (χ4v) is 2.73. The number of rotatable bonds is 2. The summed E-state index contributed by atoms with van der Waals surface area (Å²) in [4.78, 5) is 4.45. The minimum absolute atomic E-state index is 0.00182. The summed E-state index contributed by atoms with van der Waals surface area (Å²) in [7, 11) is 0. The van der Waals surface area contributed by atoms with E-state index >= 15 is 0 Å². The van der Waals surface area contributed by atoms with Crippen LogP contribution in [0.2, 0.25) is 0 Å². The molecule has 0 aliphatic carbocycles. The maximum Gasteiger partial charge on any atom is 0.0976 e. The molecule has 0 fully saturated rings. The van der Waals surface area contributed by atoms with Gasteiger partial charge in [-0.2, -0.15) is 0 Å². The molecular weight excluding hydrogens is 236 g/mol. The molecule has 2 N–H and O–H groups in total. The summed E-state index contributed by atoms with van der Waals surface area (Å²) in [6.45, 7) is 2.72. The monoisotopic (exact) mass is 254 g/mol. The van der Waals surface area contributed by atoms with E-state index in [2.05, 4.69) is 23.2 Å². The number of nitrogens with zero attached hydrogens (tertiary/aromatic N) is 1. The zero-order chi connectivity index (χ0) is 13.2. The summed E-state index contributed by atoms with van der Waals surface area (Å²) < 4.78 is 5.81. The van der Waals surface area contributed by atoms with Gasteiger partial charge < -0.3 is 10.5 Å². The normalized spacial score (nSPS) is 19.8. The molecule has 1 aromatic carbocycles. The number of fused-ring (bicyclic) bond motifs is 1. The lowest BCUT2D eigenvalue weighted by molar-refractivity contribution is 0.0286. The van der Waals surface area contributed by atoms with Gasteiger partial charge in [-0.15, -0.1) is 0 Å². The Balaban J connectivity index is 2.11. The molecule has 98 valence electrons. The molecule has 0 spiro atoms. The Morgan fingerprint density at radius 1 is 1.26 bits per heavy atom. The van der Waals surface area contributed by atoms with Crippen LogP contribution in [0.25, 0.3) is 11.3 Å². The Kier molecular flexibility index (Phi) is 3.32. The van der Waals surface area contributed by atoms with E-state index in [9.17, 15) is 0 Å². The van der Waals surface area contributed by atoms with Gasteiger partial charge in [-0.3, -0.25) is 4.98 Å². The van der Waals surface area contributed by atoms with Crippen molar-refractivity contribution in [3.8, 4) is 11.3 Å². The molecule has 0 saturated carbocycles. The molecule has 2 aromatic rings. The van der Waals surface area contributed by atoms with Gasteiger partial charge in [-0.25, -0.2) is 0 Å². The summed E-state index contributed by atoms with van der Waals surface area (Å²) in [6, 6.07) is 12.3. The van der Waals surface area contributed by atoms with Gasteiger partial charge in [-0.1, -0.05) is 24.3 Å². The average molecular weight is 254 g/mol. The lowest BCUT2D eigenvalue weighted by atomic mass is 9.89. The van der Waals surface area contributed by atoms with Gasteiger partial charge >= 0.3 is 0 Å². The van der Waals surface area contributed by atoms with Crippen LogP contribution in [0.15, 0.2) is 42.6 Å². The van der Waals surface area contributed by atoms with Crippen LogP contribution >= 0.6 is 0 Å². The Bertz CT molecular complexity index is 566. The molecule has 0 amide bonds. The first-order chi connectivity index (χ1) is 9.27. The van der Waals surface area contributed by atoms with Gasteiger partial charge in [0.1, 0.15) is 0 Å². The molecule has 3 heteroatoms. The smallest absolute Gasteiger partial charge is 0.0976 e. The number of pyridine rings is 1. The molecule has 0 saturated heterocycles. The highest BCUT2D eigenvalue weighted by atomic mass is 16.5. The highest BCUT2D eigenvalue weighted by molar-refractivity contribution is 5.66. The largest absolute Gasteiger partial charge is 0.372 e. The van der Waals surface area contributed by atoms with Gasteiger partial charge in [0.05, 0.1) is 18.4 Å². The molecule has 2 atom stereocenters. The van der Waals surface area contributed by atoms with E-state index in [4.69, 9.17) is 10.5 Å². The Morgan fingerprint density at radius 2 is 2.16 bits per heavy atom. The molecule has 2 unspecified atom stereocenters. The Morgan fingerprint density at radius 3 is 2.89 bits per heavy atom. The summed E-state index contributed by atoms with van der Waals surface area (Å²) in [5.74, 6) is 0. The van der Waals surface area contributed by atoms with Crippen molar-refractivity contribution in [2.24, 2.45) is 5.73 Å². The minimum Gasteiger partial charge on any atom is -0.372 e. The molecule has 2 heterocycles. The summed E-state index contributed by atoms with van der Waals surface area (Å²) in [6.07, 6.45) is 2.75. The Hall–Kier alpha value is -1.71. The van der Waals surface area contributed by atoms with Gasteiger partial charge in [0.2, 0.25) is 0 Å². The first-order valence-corrected chi connectivity index (χ1v) is 6.68.